The van der Waals surface area contributed by atoms with E-state index in [4.69, 9.17) is 17.0 Å². The maximum Gasteiger partial charge on any atom is 0.229 e. The number of ether oxygens (including phenoxy) is 1. The van der Waals surface area contributed by atoms with Gasteiger partial charge in [-0.1, -0.05) is 0 Å². The number of nitrogens with one attached hydrogen (secondary N) is 2. The molecule has 0 saturated carbocycles. The van der Waals surface area contributed by atoms with Gasteiger partial charge in [0, 0.05) is 37.6 Å². The highest BCUT2D eigenvalue weighted by Crippen LogP contribution is 2.03. The highest BCUT2D eigenvalue weighted by atomic mass is 32.1. The van der Waals surface area contributed by atoms with Crippen molar-refractivity contribution in [2.24, 2.45) is 0 Å². The second kappa shape index (κ2) is 7.47. The molecule has 0 bridgehead atoms. The molecule has 0 aliphatic carbocycles. The fraction of sp³-hybridized carbons (Fsp3) is 0.615. The van der Waals surface area contributed by atoms with Crippen molar-refractivity contribution in [3.8, 4) is 0 Å². The van der Waals surface area contributed by atoms with Gasteiger partial charge in [0.15, 0.2) is 5.11 Å². The van der Waals surface area contributed by atoms with E-state index in [9.17, 15) is 0 Å². The summed E-state index contributed by atoms with van der Waals surface area (Å²) in [6, 6.07) is 1.93. The molecule has 1 aliphatic heterocycles. The fourth-order valence-electron chi connectivity index (χ4n) is 2.08. The van der Waals surface area contributed by atoms with Crippen LogP contribution in [0.5, 0.6) is 0 Å². The van der Waals surface area contributed by atoms with E-state index < -0.39 is 0 Å². The number of hydrogen-bond donors (Lipinski definition) is 2. The second-order valence-corrected chi connectivity index (χ2v) is 5.22. The summed E-state index contributed by atoms with van der Waals surface area (Å²) < 4.78 is 5.31. The van der Waals surface area contributed by atoms with E-state index in [0.717, 1.165) is 50.8 Å². The highest BCUT2D eigenvalue weighted by Gasteiger charge is 2.09. The van der Waals surface area contributed by atoms with E-state index >= 15 is 0 Å². The van der Waals surface area contributed by atoms with Gasteiger partial charge in [-0.3, -0.25) is 4.90 Å². The molecule has 1 fully saturated rings. The number of hydrogen-bond acceptors (Lipinski definition) is 5. The van der Waals surface area contributed by atoms with Crippen molar-refractivity contribution in [2.45, 2.75) is 13.8 Å². The Morgan fingerprint density at radius 2 is 1.95 bits per heavy atom. The van der Waals surface area contributed by atoms with Crippen LogP contribution >= 0.6 is 12.2 Å². The van der Waals surface area contributed by atoms with E-state index in [2.05, 4.69) is 25.5 Å². The Bertz CT molecular complexity index is 442. The molecule has 2 rings (SSSR count). The zero-order chi connectivity index (χ0) is 14.4. The molecule has 0 spiro atoms. The molecule has 2 N–H and O–H groups in total. The van der Waals surface area contributed by atoms with Crippen LogP contribution in [0.2, 0.25) is 0 Å². The molecule has 0 radical (unpaired) electrons. The lowest BCUT2D eigenvalue weighted by atomic mass is 10.4. The smallest absolute Gasteiger partial charge is 0.229 e. The van der Waals surface area contributed by atoms with Gasteiger partial charge >= 0.3 is 0 Å². The normalized spacial score (nSPS) is 15.9. The SMILES string of the molecule is Cc1cc(C)nc(NC(=S)NCCN2CCOCC2)n1. The van der Waals surface area contributed by atoms with Crippen LogP contribution in [-0.2, 0) is 4.74 Å². The van der Waals surface area contributed by atoms with E-state index in [1.165, 1.54) is 0 Å². The lowest BCUT2D eigenvalue weighted by molar-refractivity contribution is 0.0389. The second-order valence-electron chi connectivity index (χ2n) is 4.81. The topological polar surface area (TPSA) is 62.3 Å². The van der Waals surface area contributed by atoms with Gasteiger partial charge < -0.3 is 15.4 Å². The van der Waals surface area contributed by atoms with Crippen molar-refractivity contribution in [3.05, 3.63) is 17.5 Å². The Labute approximate surface area is 124 Å². The first-order valence-corrected chi connectivity index (χ1v) is 7.21. The van der Waals surface area contributed by atoms with Gasteiger partial charge in [0.05, 0.1) is 13.2 Å². The zero-order valence-corrected chi connectivity index (χ0v) is 12.8. The molecule has 7 heteroatoms. The number of nitrogens with zero attached hydrogens (tertiary/aromatic N) is 3. The largest absolute Gasteiger partial charge is 0.379 e. The van der Waals surface area contributed by atoms with Crippen molar-refractivity contribution in [3.63, 3.8) is 0 Å². The maximum absolute atomic E-state index is 5.31. The molecule has 1 saturated heterocycles. The third kappa shape index (κ3) is 4.99. The van der Waals surface area contributed by atoms with Crippen LogP contribution in [0.25, 0.3) is 0 Å². The summed E-state index contributed by atoms with van der Waals surface area (Å²) in [5.41, 5.74) is 1.85. The van der Waals surface area contributed by atoms with Crippen LogP contribution in [0.4, 0.5) is 5.95 Å². The van der Waals surface area contributed by atoms with Crippen LogP contribution in [-0.4, -0.2) is 59.4 Å². The predicted octanol–water partition coefficient (Wildman–Crippen LogP) is 0.712. The minimum atomic E-state index is 0.548. The van der Waals surface area contributed by atoms with Crippen molar-refractivity contribution >= 4 is 23.3 Å². The van der Waals surface area contributed by atoms with E-state index in [1.807, 2.05) is 19.9 Å². The third-order valence-electron chi connectivity index (χ3n) is 3.02. The molecule has 2 heterocycles. The summed E-state index contributed by atoms with van der Waals surface area (Å²) in [6.07, 6.45) is 0. The van der Waals surface area contributed by atoms with E-state index in [-0.39, 0.29) is 0 Å². The number of anilines is 1. The van der Waals surface area contributed by atoms with Crippen LogP contribution in [0.3, 0.4) is 0 Å². The quantitative estimate of drug-likeness (QED) is 0.793. The van der Waals surface area contributed by atoms with Crippen molar-refractivity contribution in [1.29, 1.82) is 0 Å². The summed E-state index contributed by atoms with van der Waals surface area (Å²) in [6.45, 7) is 9.25. The highest BCUT2D eigenvalue weighted by molar-refractivity contribution is 7.80. The molecule has 0 aromatic carbocycles. The van der Waals surface area contributed by atoms with Crippen LogP contribution in [0.1, 0.15) is 11.4 Å². The maximum atomic E-state index is 5.31. The van der Waals surface area contributed by atoms with Gasteiger partial charge in [-0.2, -0.15) is 0 Å². The summed E-state index contributed by atoms with van der Waals surface area (Å²) in [4.78, 5) is 10.9. The Morgan fingerprint density at radius 1 is 1.30 bits per heavy atom. The van der Waals surface area contributed by atoms with E-state index in [0.29, 0.717) is 11.1 Å². The standard InChI is InChI=1S/C13H21N5OS/c1-10-9-11(2)16-12(15-10)17-13(20)14-3-4-18-5-7-19-8-6-18/h9H,3-8H2,1-2H3,(H2,14,15,16,17,20). The fourth-order valence-corrected chi connectivity index (χ4v) is 2.27. The molecule has 20 heavy (non-hydrogen) atoms. The lowest BCUT2D eigenvalue weighted by Crippen LogP contribution is -2.42. The Morgan fingerprint density at radius 3 is 2.60 bits per heavy atom. The molecule has 0 atom stereocenters. The Kier molecular flexibility index (Phi) is 5.63. The van der Waals surface area contributed by atoms with Crippen LogP contribution in [0.15, 0.2) is 6.07 Å². The minimum absolute atomic E-state index is 0.548. The molecule has 6 nitrogen and oxygen atoms in total. The molecule has 1 aliphatic rings. The molecular weight excluding hydrogens is 274 g/mol. The number of aryl methyl sites for hydroxylation is 2. The summed E-state index contributed by atoms with van der Waals surface area (Å²) >= 11 is 5.24. The zero-order valence-electron chi connectivity index (χ0n) is 12.0. The van der Waals surface area contributed by atoms with Crippen molar-refractivity contribution in [1.82, 2.24) is 20.2 Å². The van der Waals surface area contributed by atoms with Crippen molar-refractivity contribution < 1.29 is 4.74 Å². The molecule has 110 valence electrons. The molecule has 0 amide bonds. The first kappa shape index (κ1) is 15.1. The summed E-state index contributed by atoms with van der Waals surface area (Å²) in [5, 5.41) is 6.75. The number of rotatable bonds is 4. The summed E-state index contributed by atoms with van der Waals surface area (Å²) in [5.74, 6) is 0.548. The van der Waals surface area contributed by atoms with E-state index in [1.54, 1.807) is 0 Å². The first-order valence-electron chi connectivity index (χ1n) is 6.81. The molecule has 1 aromatic heterocycles. The van der Waals surface area contributed by atoms with Gasteiger partial charge in [0.25, 0.3) is 0 Å². The van der Waals surface area contributed by atoms with Gasteiger partial charge in [0.2, 0.25) is 5.95 Å². The van der Waals surface area contributed by atoms with Gasteiger partial charge in [-0.05, 0) is 32.1 Å². The van der Waals surface area contributed by atoms with Crippen LogP contribution < -0.4 is 10.6 Å². The number of aromatic nitrogens is 2. The Balaban J connectivity index is 1.72. The van der Waals surface area contributed by atoms with Gasteiger partial charge in [-0.25, -0.2) is 9.97 Å². The average Bonchev–Trinajstić information content (AvgIpc) is 2.38. The third-order valence-corrected chi connectivity index (χ3v) is 3.27. The predicted molar refractivity (Wildman–Crippen MR) is 83.0 cm³/mol. The average molecular weight is 295 g/mol. The number of thiocarbonyl (C=S) groups is 1. The van der Waals surface area contributed by atoms with Gasteiger partial charge in [0.1, 0.15) is 0 Å². The molecular formula is C13H21N5OS. The monoisotopic (exact) mass is 295 g/mol. The van der Waals surface area contributed by atoms with Crippen LogP contribution in [0, 0.1) is 13.8 Å². The number of morpholine rings is 1. The molecule has 1 aromatic rings. The summed E-state index contributed by atoms with van der Waals surface area (Å²) in [7, 11) is 0. The Hall–Kier alpha value is -1.31. The molecule has 0 unspecified atom stereocenters. The van der Waals surface area contributed by atoms with Crippen molar-refractivity contribution in [2.75, 3.05) is 44.7 Å². The first-order chi connectivity index (χ1) is 9.63. The van der Waals surface area contributed by atoms with Gasteiger partial charge in [-0.15, -0.1) is 0 Å². The minimum Gasteiger partial charge on any atom is -0.379 e. The lowest BCUT2D eigenvalue weighted by Gasteiger charge is -2.26.